The van der Waals surface area contributed by atoms with Crippen molar-refractivity contribution in [3.05, 3.63) is 10.1 Å². The molecule has 0 bridgehead atoms. The molecule has 0 aromatic heterocycles. The first-order valence-electron chi connectivity index (χ1n) is 3.55. The fraction of sp³-hybridized carbons (Fsp3) is 0.286. The van der Waals surface area contributed by atoms with Crippen LogP contribution in [-0.4, -0.2) is 23.8 Å². The van der Waals surface area contributed by atoms with Gasteiger partial charge in [-0.1, -0.05) is 23.2 Å². The molecule has 0 aromatic carbocycles. The SMILES string of the molecule is O=C1C(Cl)=C(Cl)C(=O)C2NN=CC12. The number of allylic oxidation sites excluding steroid dienone is 1. The molecule has 0 aromatic rings. The van der Waals surface area contributed by atoms with Crippen molar-refractivity contribution in [1.29, 1.82) is 0 Å². The highest BCUT2D eigenvalue weighted by molar-refractivity contribution is 6.57. The number of hydrogen-bond acceptors (Lipinski definition) is 4. The van der Waals surface area contributed by atoms with Crippen molar-refractivity contribution in [3.8, 4) is 0 Å². The van der Waals surface area contributed by atoms with Crippen molar-refractivity contribution in [2.75, 3.05) is 0 Å². The summed E-state index contributed by atoms with van der Waals surface area (Å²) in [5.41, 5.74) is 2.51. The second-order valence-corrected chi connectivity index (χ2v) is 3.52. The normalized spacial score (nSPS) is 32.2. The third kappa shape index (κ3) is 1.09. The summed E-state index contributed by atoms with van der Waals surface area (Å²) >= 11 is 11.1. The lowest BCUT2D eigenvalue weighted by atomic mass is 9.89. The Morgan fingerprint density at radius 2 is 1.85 bits per heavy atom. The van der Waals surface area contributed by atoms with E-state index in [9.17, 15) is 9.59 Å². The number of rotatable bonds is 0. The van der Waals surface area contributed by atoms with Crippen LogP contribution < -0.4 is 5.43 Å². The van der Waals surface area contributed by atoms with Gasteiger partial charge in [-0.2, -0.15) is 5.10 Å². The molecule has 2 rings (SSSR count). The fourth-order valence-corrected chi connectivity index (χ4v) is 1.74. The smallest absolute Gasteiger partial charge is 0.200 e. The van der Waals surface area contributed by atoms with Crippen LogP contribution in [0.5, 0.6) is 0 Å². The highest BCUT2D eigenvalue weighted by Crippen LogP contribution is 2.29. The molecule has 1 aliphatic carbocycles. The monoisotopic (exact) mass is 218 g/mol. The summed E-state index contributed by atoms with van der Waals surface area (Å²) in [4.78, 5) is 22.8. The predicted molar refractivity (Wildman–Crippen MR) is 47.7 cm³/mol. The first-order valence-corrected chi connectivity index (χ1v) is 4.31. The molecule has 1 heterocycles. The molecule has 13 heavy (non-hydrogen) atoms. The van der Waals surface area contributed by atoms with Gasteiger partial charge in [0.25, 0.3) is 0 Å². The summed E-state index contributed by atoms with van der Waals surface area (Å²) in [5, 5.41) is 3.24. The van der Waals surface area contributed by atoms with Crippen molar-refractivity contribution < 1.29 is 9.59 Å². The molecule has 0 saturated heterocycles. The van der Waals surface area contributed by atoms with Gasteiger partial charge in [-0.25, -0.2) is 0 Å². The Labute approximate surface area is 83.6 Å². The molecule has 4 nitrogen and oxygen atoms in total. The first-order chi connectivity index (χ1) is 6.13. The van der Waals surface area contributed by atoms with E-state index in [2.05, 4.69) is 10.5 Å². The summed E-state index contributed by atoms with van der Waals surface area (Å²) in [5.74, 6) is -1.33. The van der Waals surface area contributed by atoms with Crippen LogP contribution >= 0.6 is 23.2 Å². The largest absolute Gasteiger partial charge is 0.298 e. The van der Waals surface area contributed by atoms with Gasteiger partial charge in [-0.3, -0.25) is 15.0 Å². The van der Waals surface area contributed by atoms with E-state index in [0.717, 1.165) is 0 Å². The molecule has 2 unspecified atom stereocenters. The van der Waals surface area contributed by atoms with E-state index in [1.54, 1.807) is 0 Å². The zero-order valence-electron chi connectivity index (χ0n) is 6.25. The lowest BCUT2D eigenvalue weighted by Gasteiger charge is -2.20. The Morgan fingerprint density at radius 1 is 1.23 bits per heavy atom. The van der Waals surface area contributed by atoms with E-state index in [-0.39, 0.29) is 21.6 Å². The fourth-order valence-electron chi connectivity index (χ4n) is 1.31. The number of hydrogen-bond donors (Lipinski definition) is 1. The molecular weight excluding hydrogens is 215 g/mol. The van der Waals surface area contributed by atoms with Crippen LogP contribution in [-0.2, 0) is 9.59 Å². The summed E-state index contributed by atoms with van der Waals surface area (Å²) in [6.07, 6.45) is 1.37. The van der Waals surface area contributed by atoms with Gasteiger partial charge in [0, 0.05) is 6.21 Å². The van der Waals surface area contributed by atoms with Gasteiger partial charge >= 0.3 is 0 Å². The zero-order chi connectivity index (χ0) is 9.59. The molecule has 0 spiro atoms. The minimum Gasteiger partial charge on any atom is -0.298 e. The summed E-state index contributed by atoms with van der Waals surface area (Å²) in [6.45, 7) is 0. The highest BCUT2D eigenvalue weighted by Gasteiger charge is 2.43. The Bertz CT molecular complexity index is 362. The van der Waals surface area contributed by atoms with Crippen molar-refractivity contribution in [1.82, 2.24) is 5.43 Å². The number of Topliss-reactive ketones (excluding diaryl/α,β-unsaturated/α-hetero) is 2. The van der Waals surface area contributed by atoms with Gasteiger partial charge in [0.15, 0.2) is 5.78 Å². The molecule has 2 atom stereocenters. The van der Waals surface area contributed by atoms with Crippen molar-refractivity contribution in [3.63, 3.8) is 0 Å². The van der Waals surface area contributed by atoms with Crippen LogP contribution in [0.25, 0.3) is 0 Å². The minimum absolute atomic E-state index is 0.192. The maximum absolute atomic E-state index is 11.4. The third-order valence-electron chi connectivity index (χ3n) is 2.02. The van der Waals surface area contributed by atoms with E-state index >= 15 is 0 Å². The molecule has 6 heteroatoms. The van der Waals surface area contributed by atoms with Crippen molar-refractivity contribution in [2.24, 2.45) is 11.0 Å². The van der Waals surface area contributed by atoms with Crippen LogP contribution in [0, 0.1) is 5.92 Å². The maximum atomic E-state index is 11.4. The summed E-state index contributed by atoms with van der Waals surface area (Å²) < 4.78 is 0. The Morgan fingerprint density at radius 3 is 2.54 bits per heavy atom. The van der Waals surface area contributed by atoms with Gasteiger partial charge < -0.3 is 0 Å². The molecule has 0 fully saturated rings. The van der Waals surface area contributed by atoms with E-state index in [1.165, 1.54) is 6.21 Å². The Hall–Kier alpha value is -0.870. The van der Waals surface area contributed by atoms with E-state index in [0.29, 0.717) is 0 Å². The average molecular weight is 219 g/mol. The molecule has 0 radical (unpaired) electrons. The number of carbonyl (C=O) groups excluding carboxylic acids is 2. The van der Waals surface area contributed by atoms with Gasteiger partial charge in [0.1, 0.15) is 16.1 Å². The van der Waals surface area contributed by atoms with Crippen LogP contribution in [0.15, 0.2) is 15.2 Å². The number of halogens is 2. The topological polar surface area (TPSA) is 58.5 Å². The summed E-state index contributed by atoms with van der Waals surface area (Å²) in [7, 11) is 0. The van der Waals surface area contributed by atoms with E-state index in [4.69, 9.17) is 23.2 Å². The predicted octanol–water partition coefficient (Wildman–Crippen LogP) is 0.401. The lowest BCUT2D eigenvalue weighted by molar-refractivity contribution is -0.124. The molecule has 0 amide bonds. The van der Waals surface area contributed by atoms with E-state index < -0.39 is 12.0 Å². The molecule has 2 aliphatic rings. The van der Waals surface area contributed by atoms with Gasteiger partial charge in [-0.05, 0) is 0 Å². The Balaban J connectivity index is 2.49. The van der Waals surface area contributed by atoms with E-state index in [1.807, 2.05) is 0 Å². The van der Waals surface area contributed by atoms with Crippen molar-refractivity contribution in [2.45, 2.75) is 6.04 Å². The standard InChI is InChI=1S/C7H4Cl2N2O2/c8-3-4(9)7(13)5-2(6(3)12)1-10-11-5/h1-2,5,11H. The van der Waals surface area contributed by atoms with Crippen LogP contribution in [0.3, 0.4) is 0 Å². The zero-order valence-corrected chi connectivity index (χ0v) is 7.76. The molecule has 0 saturated carbocycles. The van der Waals surface area contributed by atoms with Crippen molar-refractivity contribution >= 4 is 41.0 Å². The maximum Gasteiger partial charge on any atom is 0.200 e. The molecule has 1 aliphatic heterocycles. The first kappa shape index (κ1) is 8.72. The highest BCUT2D eigenvalue weighted by atomic mass is 35.5. The number of hydrazone groups is 1. The number of ketones is 2. The second kappa shape index (κ2) is 2.82. The number of nitrogens with one attached hydrogen (secondary N) is 1. The number of fused-ring (bicyclic) bond motifs is 1. The van der Waals surface area contributed by atoms with Crippen LogP contribution in [0.2, 0.25) is 0 Å². The van der Waals surface area contributed by atoms with Crippen LogP contribution in [0.4, 0.5) is 0 Å². The number of nitrogens with zero attached hydrogens (tertiary/aromatic N) is 1. The lowest BCUT2D eigenvalue weighted by Crippen LogP contribution is -2.43. The second-order valence-electron chi connectivity index (χ2n) is 2.77. The molecule has 68 valence electrons. The van der Waals surface area contributed by atoms with Gasteiger partial charge in [0.05, 0.1) is 5.92 Å². The molecular formula is C7H4Cl2N2O2. The Kier molecular flexibility index (Phi) is 1.89. The minimum atomic E-state index is -0.664. The number of carbonyl (C=O) groups is 2. The third-order valence-corrected chi connectivity index (χ3v) is 2.87. The quantitative estimate of drug-likeness (QED) is 0.641. The molecule has 1 N–H and O–H groups in total. The summed E-state index contributed by atoms with van der Waals surface area (Å²) in [6, 6.07) is -0.664. The van der Waals surface area contributed by atoms with Crippen LogP contribution in [0.1, 0.15) is 0 Å². The van der Waals surface area contributed by atoms with Gasteiger partial charge in [-0.15, -0.1) is 0 Å². The average Bonchev–Trinajstić information content (AvgIpc) is 2.59. The van der Waals surface area contributed by atoms with Gasteiger partial charge in [0.2, 0.25) is 5.78 Å².